The maximum Gasteiger partial charge on any atom is 0.416 e. The molecule has 10 heteroatoms. The maximum absolute atomic E-state index is 13.4. The Hall–Kier alpha value is -3.53. The zero-order chi connectivity index (χ0) is 26.6. The van der Waals surface area contributed by atoms with Crippen molar-refractivity contribution in [1.29, 1.82) is 0 Å². The minimum absolute atomic E-state index is 0.115. The number of nitrogens with one attached hydrogen (secondary N) is 1. The number of carbonyl (C=O) groups is 1. The second kappa shape index (κ2) is 10.8. The maximum atomic E-state index is 13.4. The van der Waals surface area contributed by atoms with E-state index in [0.29, 0.717) is 13.0 Å². The van der Waals surface area contributed by atoms with Gasteiger partial charge in [0.1, 0.15) is 6.54 Å². The summed E-state index contributed by atoms with van der Waals surface area (Å²) in [5, 5.41) is 2.71. The van der Waals surface area contributed by atoms with Gasteiger partial charge in [0.2, 0.25) is 5.91 Å². The summed E-state index contributed by atoms with van der Waals surface area (Å²) >= 11 is 0. The fourth-order valence-electron chi connectivity index (χ4n) is 4.31. The molecule has 0 fully saturated rings. The lowest BCUT2D eigenvalue weighted by Gasteiger charge is -2.25. The van der Waals surface area contributed by atoms with Gasteiger partial charge in [0.25, 0.3) is 10.0 Å². The van der Waals surface area contributed by atoms with Gasteiger partial charge in [-0.3, -0.25) is 9.10 Å². The molecular weight excluding hydrogens is 503 g/mol. The van der Waals surface area contributed by atoms with E-state index in [1.165, 1.54) is 29.4 Å². The summed E-state index contributed by atoms with van der Waals surface area (Å²) in [6, 6.07) is 18.0. The number of aryl methyl sites for hydroxylation is 1. The minimum atomic E-state index is -4.66. The summed E-state index contributed by atoms with van der Waals surface area (Å²) in [5.74, 6) is -0.602. The van der Waals surface area contributed by atoms with Crippen molar-refractivity contribution in [1.82, 2.24) is 5.32 Å². The Bertz CT molecular complexity index is 1360. The molecule has 0 radical (unpaired) electrons. The molecule has 1 heterocycles. The molecular formula is C27H28F3N3O3S. The third-order valence-electron chi connectivity index (χ3n) is 6.27. The van der Waals surface area contributed by atoms with Crippen LogP contribution in [0.15, 0.2) is 77.7 Å². The van der Waals surface area contributed by atoms with Crippen LogP contribution in [0.5, 0.6) is 0 Å². The van der Waals surface area contributed by atoms with Crippen molar-refractivity contribution < 1.29 is 26.4 Å². The van der Waals surface area contributed by atoms with Gasteiger partial charge in [0.05, 0.1) is 16.1 Å². The fourth-order valence-corrected chi connectivity index (χ4v) is 5.73. The highest BCUT2D eigenvalue weighted by atomic mass is 32.2. The molecule has 0 bridgehead atoms. The molecule has 0 atom stereocenters. The van der Waals surface area contributed by atoms with Crippen molar-refractivity contribution in [3.63, 3.8) is 0 Å². The van der Waals surface area contributed by atoms with Crippen LogP contribution in [-0.2, 0) is 27.4 Å². The highest BCUT2D eigenvalue weighted by molar-refractivity contribution is 7.92. The minimum Gasteiger partial charge on any atom is -0.371 e. The van der Waals surface area contributed by atoms with Crippen molar-refractivity contribution >= 4 is 27.3 Å². The summed E-state index contributed by atoms with van der Waals surface area (Å²) in [5.41, 5.74) is 2.04. The molecule has 0 spiro atoms. The van der Waals surface area contributed by atoms with Crippen molar-refractivity contribution in [2.45, 2.75) is 30.8 Å². The lowest BCUT2D eigenvalue weighted by Crippen LogP contribution is -2.41. The summed E-state index contributed by atoms with van der Waals surface area (Å²) in [4.78, 5) is 14.9. The summed E-state index contributed by atoms with van der Waals surface area (Å²) < 4.78 is 67.6. The van der Waals surface area contributed by atoms with Gasteiger partial charge in [-0.2, -0.15) is 13.2 Å². The largest absolute Gasteiger partial charge is 0.416 e. The van der Waals surface area contributed by atoms with Gasteiger partial charge in [-0.05, 0) is 61.7 Å². The van der Waals surface area contributed by atoms with Crippen molar-refractivity contribution in [3.8, 4) is 0 Å². The average molecular weight is 532 g/mol. The van der Waals surface area contributed by atoms with E-state index in [4.69, 9.17) is 0 Å². The standard InChI is InChI=1S/C27H28F3N3O3S/c1-20-10-12-24(13-11-20)37(35,36)33(23-8-4-7-22(18-23)27(28,29)30)19-26(34)31-15-5-16-32-17-14-21-6-2-3-9-25(21)32/h2-4,6-13,18H,5,14-17,19H2,1H3,(H,31,34). The average Bonchev–Trinajstić information content (AvgIpc) is 3.28. The van der Waals surface area contributed by atoms with Crippen LogP contribution in [0.2, 0.25) is 0 Å². The number of hydrogen-bond acceptors (Lipinski definition) is 4. The van der Waals surface area contributed by atoms with Crippen LogP contribution < -0.4 is 14.5 Å². The van der Waals surface area contributed by atoms with Gasteiger partial charge in [0, 0.05) is 25.3 Å². The molecule has 0 aromatic heterocycles. The number of carbonyl (C=O) groups excluding carboxylic acids is 1. The Kier molecular flexibility index (Phi) is 7.77. The third-order valence-corrected chi connectivity index (χ3v) is 8.06. The second-order valence-corrected chi connectivity index (χ2v) is 10.8. The number of rotatable bonds is 9. The number of amides is 1. The van der Waals surface area contributed by atoms with Gasteiger partial charge in [-0.15, -0.1) is 0 Å². The molecule has 3 aromatic rings. The highest BCUT2D eigenvalue weighted by Gasteiger charge is 2.33. The van der Waals surface area contributed by atoms with Crippen LogP contribution in [0.3, 0.4) is 0 Å². The van der Waals surface area contributed by atoms with E-state index in [-0.39, 0.29) is 10.6 Å². The molecule has 6 nitrogen and oxygen atoms in total. The number of anilines is 2. The summed E-state index contributed by atoms with van der Waals surface area (Å²) in [6.45, 7) is 3.06. The van der Waals surface area contributed by atoms with E-state index < -0.39 is 34.2 Å². The van der Waals surface area contributed by atoms with Gasteiger partial charge < -0.3 is 10.2 Å². The van der Waals surface area contributed by atoms with E-state index in [9.17, 15) is 26.4 Å². The molecule has 3 aromatic carbocycles. The van der Waals surface area contributed by atoms with E-state index in [2.05, 4.69) is 22.3 Å². The quantitative estimate of drug-likeness (QED) is 0.404. The number of nitrogens with zero attached hydrogens (tertiary/aromatic N) is 2. The topological polar surface area (TPSA) is 69.7 Å². The number of benzene rings is 3. The third kappa shape index (κ3) is 6.25. The van der Waals surface area contributed by atoms with Crippen LogP contribution in [0, 0.1) is 6.92 Å². The number of hydrogen-bond donors (Lipinski definition) is 1. The Morgan fingerprint density at radius 1 is 1.03 bits per heavy atom. The van der Waals surface area contributed by atoms with E-state index in [0.717, 1.165) is 47.6 Å². The molecule has 4 rings (SSSR count). The summed E-state index contributed by atoms with van der Waals surface area (Å²) in [6.07, 6.45) is -3.06. The Balaban J connectivity index is 1.47. The monoisotopic (exact) mass is 531 g/mol. The van der Waals surface area contributed by atoms with Gasteiger partial charge in [-0.25, -0.2) is 8.42 Å². The SMILES string of the molecule is Cc1ccc(S(=O)(=O)N(CC(=O)NCCCN2CCc3ccccc32)c2cccc(C(F)(F)F)c2)cc1. The molecule has 0 saturated heterocycles. The Morgan fingerprint density at radius 2 is 1.76 bits per heavy atom. The number of alkyl halides is 3. The van der Waals surface area contributed by atoms with Crippen LogP contribution in [0.4, 0.5) is 24.5 Å². The number of para-hydroxylation sites is 1. The molecule has 1 aliphatic heterocycles. The molecule has 1 amide bonds. The van der Waals surface area contributed by atoms with Crippen molar-refractivity contribution in [2.75, 3.05) is 35.4 Å². The molecule has 0 saturated carbocycles. The molecule has 0 aliphatic carbocycles. The Morgan fingerprint density at radius 3 is 2.49 bits per heavy atom. The Labute approximate surface area is 214 Å². The first-order chi connectivity index (χ1) is 17.6. The fraction of sp³-hybridized carbons (Fsp3) is 0.296. The first-order valence-corrected chi connectivity index (χ1v) is 13.4. The van der Waals surface area contributed by atoms with Crippen molar-refractivity contribution in [3.05, 3.63) is 89.5 Å². The normalized spacial score (nSPS) is 13.4. The first kappa shape index (κ1) is 26.5. The predicted molar refractivity (Wildman–Crippen MR) is 137 cm³/mol. The van der Waals surface area contributed by atoms with Crippen LogP contribution >= 0.6 is 0 Å². The van der Waals surface area contributed by atoms with Gasteiger partial charge in [-0.1, -0.05) is 42.0 Å². The second-order valence-electron chi connectivity index (χ2n) is 8.94. The zero-order valence-corrected chi connectivity index (χ0v) is 21.1. The molecule has 0 unspecified atom stereocenters. The smallest absolute Gasteiger partial charge is 0.371 e. The number of fused-ring (bicyclic) bond motifs is 1. The number of halogens is 3. The van der Waals surface area contributed by atoms with Crippen LogP contribution in [0.25, 0.3) is 0 Å². The predicted octanol–water partition coefficient (Wildman–Crippen LogP) is 4.78. The molecule has 196 valence electrons. The van der Waals surface area contributed by atoms with Gasteiger partial charge in [0.15, 0.2) is 0 Å². The molecule has 1 aliphatic rings. The van der Waals surface area contributed by atoms with Crippen molar-refractivity contribution in [2.24, 2.45) is 0 Å². The van der Waals surface area contributed by atoms with Crippen LogP contribution in [0.1, 0.15) is 23.1 Å². The summed E-state index contributed by atoms with van der Waals surface area (Å²) in [7, 11) is -4.31. The van der Waals surface area contributed by atoms with E-state index in [1.807, 2.05) is 12.1 Å². The van der Waals surface area contributed by atoms with E-state index >= 15 is 0 Å². The van der Waals surface area contributed by atoms with Crippen LogP contribution in [-0.4, -0.2) is 40.5 Å². The lowest BCUT2D eigenvalue weighted by atomic mass is 10.2. The number of sulfonamides is 1. The zero-order valence-electron chi connectivity index (χ0n) is 20.3. The lowest BCUT2D eigenvalue weighted by molar-refractivity contribution is -0.137. The van der Waals surface area contributed by atoms with E-state index in [1.54, 1.807) is 19.1 Å². The highest BCUT2D eigenvalue weighted by Crippen LogP contribution is 2.33. The first-order valence-electron chi connectivity index (χ1n) is 11.9. The molecule has 1 N–H and O–H groups in total. The molecule has 37 heavy (non-hydrogen) atoms. The van der Waals surface area contributed by atoms with Gasteiger partial charge >= 0.3 is 6.18 Å².